The van der Waals surface area contributed by atoms with Crippen LogP contribution in [0.2, 0.25) is 0 Å². The first-order valence-electron chi connectivity index (χ1n) is 8.17. The summed E-state index contributed by atoms with van der Waals surface area (Å²) in [4.78, 5) is 23.9. The van der Waals surface area contributed by atoms with Crippen LogP contribution in [0, 0.1) is 11.8 Å². The highest BCUT2D eigenvalue weighted by atomic mass is 16.2. The highest BCUT2D eigenvalue weighted by Crippen LogP contribution is 2.24. The third kappa shape index (κ3) is 4.22. The molecule has 0 heterocycles. The number of hydrogen-bond acceptors (Lipinski definition) is 2. The van der Waals surface area contributed by atoms with E-state index in [9.17, 15) is 9.59 Å². The van der Waals surface area contributed by atoms with Gasteiger partial charge in [0.2, 0.25) is 0 Å². The Bertz CT molecular complexity index is 348. The average Bonchev–Trinajstić information content (AvgIpc) is 2.44. The van der Waals surface area contributed by atoms with Crippen LogP contribution < -0.4 is 10.6 Å². The van der Waals surface area contributed by atoms with Crippen molar-refractivity contribution in [2.24, 2.45) is 11.8 Å². The molecule has 0 saturated heterocycles. The fraction of sp³-hybridized carbons (Fsp3) is 0.875. The van der Waals surface area contributed by atoms with Gasteiger partial charge in [0.15, 0.2) is 0 Å². The van der Waals surface area contributed by atoms with Crippen LogP contribution in [0.3, 0.4) is 0 Å². The van der Waals surface area contributed by atoms with Gasteiger partial charge in [-0.25, -0.2) is 0 Å². The van der Waals surface area contributed by atoms with Crippen molar-refractivity contribution in [2.75, 3.05) is 0 Å². The smallest absolute Gasteiger partial charge is 0.309 e. The summed E-state index contributed by atoms with van der Waals surface area (Å²) in [5, 5.41) is 5.81. The first-order chi connectivity index (χ1) is 9.56. The summed E-state index contributed by atoms with van der Waals surface area (Å²) >= 11 is 0. The topological polar surface area (TPSA) is 58.2 Å². The van der Waals surface area contributed by atoms with E-state index in [1.54, 1.807) is 0 Å². The maximum atomic E-state index is 12.0. The van der Waals surface area contributed by atoms with Crippen LogP contribution in [-0.4, -0.2) is 23.9 Å². The highest BCUT2D eigenvalue weighted by Gasteiger charge is 2.27. The van der Waals surface area contributed by atoms with E-state index < -0.39 is 11.8 Å². The van der Waals surface area contributed by atoms with E-state index in [4.69, 9.17) is 0 Å². The largest absolute Gasteiger partial charge is 0.345 e. The Kier molecular flexibility index (Phi) is 5.44. The summed E-state index contributed by atoms with van der Waals surface area (Å²) in [7, 11) is 0. The molecule has 20 heavy (non-hydrogen) atoms. The number of rotatable bonds is 2. The highest BCUT2D eigenvalue weighted by molar-refractivity contribution is 6.35. The van der Waals surface area contributed by atoms with E-state index in [1.165, 1.54) is 6.42 Å². The van der Waals surface area contributed by atoms with Gasteiger partial charge in [0, 0.05) is 12.1 Å². The Morgan fingerprint density at radius 3 is 2.05 bits per heavy atom. The Morgan fingerprint density at radius 1 is 0.800 bits per heavy atom. The summed E-state index contributed by atoms with van der Waals surface area (Å²) < 4.78 is 0. The molecule has 0 radical (unpaired) electrons. The van der Waals surface area contributed by atoms with Crippen LogP contribution in [0.1, 0.15) is 65.2 Å². The molecule has 4 heteroatoms. The molecule has 0 aromatic heterocycles. The van der Waals surface area contributed by atoms with Gasteiger partial charge in [-0.3, -0.25) is 9.59 Å². The van der Waals surface area contributed by atoms with Gasteiger partial charge < -0.3 is 10.6 Å². The van der Waals surface area contributed by atoms with E-state index in [0.29, 0.717) is 5.92 Å². The molecule has 2 saturated carbocycles. The Morgan fingerprint density at radius 2 is 1.40 bits per heavy atom. The average molecular weight is 280 g/mol. The summed E-state index contributed by atoms with van der Waals surface area (Å²) in [6.45, 7) is 4.40. The van der Waals surface area contributed by atoms with E-state index >= 15 is 0 Å². The Balaban J connectivity index is 1.75. The maximum Gasteiger partial charge on any atom is 0.309 e. The lowest BCUT2D eigenvalue weighted by Crippen LogP contribution is -2.50. The minimum atomic E-state index is -0.442. The van der Waals surface area contributed by atoms with Crippen molar-refractivity contribution in [3.05, 3.63) is 0 Å². The standard InChI is InChI=1S/C16H28N2O2/c1-11-7-9-13(10-8-11)17-15(19)16(20)18-14-6-4-3-5-12(14)2/h11-14H,3-10H2,1-2H3,(H,17,19)(H,18,20)/t11?,12-,13?,14+/m1/s1. The number of carbonyl (C=O) groups is 2. The molecular formula is C16H28N2O2. The predicted octanol–water partition coefficient (Wildman–Crippen LogP) is 2.38. The van der Waals surface area contributed by atoms with Gasteiger partial charge in [-0.15, -0.1) is 0 Å². The molecule has 0 spiro atoms. The molecule has 2 atom stereocenters. The van der Waals surface area contributed by atoms with Gasteiger partial charge in [-0.05, 0) is 50.4 Å². The van der Waals surface area contributed by atoms with Gasteiger partial charge >= 0.3 is 11.8 Å². The van der Waals surface area contributed by atoms with E-state index in [-0.39, 0.29) is 12.1 Å². The van der Waals surface area contributed by atoms with Crippen LogP contribution in [0.15, 0.2) is 0 Å². The molecule has 2 fully saturated rings. The molecule has 2 aliphatic rings. The Hall–Kier alpha value is -1.06. The molecule has 2 rings (SSSR count). The number of hydrogen-bond donors (Lipinski definition) is 2. The summed E-state index contributed by atoms with van der Waals surface area (Å²) in [5.74, 6) is 0.348. The molecule has 2 N–H and O–H groups in total. The normalized spacial score (nSPS) is 34.3. The molecule has 0 aromatic carbocycles. The molecule has 114 valence electrons. The molecule has 0 aliphatic heterocycles. The van der Waals surface area contributed by atoms with Gasteiger partial charge in [0.05, 0.1) is 0 Å². The molecule has 2 amide bonds. The first kappa shape index (κ1) is 15.3. The third-order valence-corrected chi connectivity index (χ3v) is 4.99. The van der Waals surface area contributed by atoms with Gasteiger partial charge in [-0.2, -0.15) is 0 Å². The SMILES string of the molecule is CC1CCC(NC(=O)C(=O)N[C@H]2CCCC[C@H]2C)CC1. The van der Waals surface area contributed by atoms with E-state index in [0.717, 1.165) is 50.9 Å². The van der Waals surface area contributed by atoms with Crippen LogP contribution in [-0.2, 0) is 9.59 Å². The zero-order chi connectivity index (χ0) is 14.5. The fourth-order valence-corrected chi connectivity index (χ4v) is 3.42. The van der Waals surface area contributed by atoms with E-state index in [1.807, 2.05) is 0 Å². The van der Waals surface area contributed by atoms with Crippen LogP contribution in [0.4, 0.5) is 0 Å². The van der Waals surface area contributed by atoms with Crippen LogP contribution in [0.5, 0.6) is 0 Å². The van der Waals surface area contributed by atoms with Crippen molar-refractivity contribution in [2.45, 2.75) is 77.3 Å². The second-order valence-electron chi connectivity index (χ2n) is 6.77. The number of nitrogens with one attached hydrogen (secondary N) is 2. The van der Waals surface area contributed by atoms with Crippen molar-refractivity contribution in [1.29, 1.82) is 0 Å². The first-order valence-corrected chi connectivity index (χ1v) is 8.17. The lowest BCUT2D eigenvalue weighted by molar-refractivity contribution is -0.140. The summed E-state index contributed by atoms with van der Waals surface area (Å²) in [5.41, 5.74) is 0. The van der Waals surface area contributed by atoms with Crippen LogP contribution >= 0.6 is 0 Å². The van der Waals surface area contributed by atoms with Gasteiger partial charge in [0.1, 0.15) is 0 Å². The summed E-state index contributed by atoms with van der Waals surface area (Å²) in [6, 6.07) is 0.363. The lowest BCUT2D eigenvalue weighted by atomic mass is 9.86. The predicted molar refractivity (Wildman–Crippen MR) is 79.1 cm³/mol. The Labute approximate surface area is 122 Å². The molecular weight excluding hydrogens is 252 g/mol. The second-order valence-corrected chi connectivity index (χ2v) is 6.77. The van der Waals surface area contributed by atoms with Crippen molar-refractivity contribution in [3.8, 4) is 0 Å². The number of carbonyl (C=O) groups excluding carboxylic acids is 2. The van der Waals surface area contributed by atoms with Gasteiger partial charge in [0.25, 0.3) is 0 Å². The minimum absolute atomic E-state index is 0.174. The van der Waals surface area contributed by atoms with Crippen molar-refractivity contribution < 1.29 is 9.59 Å². The maximum absolute atomic E-state index is 12.0. The monoisotopic (exact) mass is 280 g/mol. The lowest BCUT2D eigenvalue weighted by Gasteiger charge is -2.30. The fourth-order valence-electron chi connectivity index (χ4n) is 3.42. The van der Waals surface area contributed by atoms with Crippen molar-refractivity contribution >= 4 is 11.8 Å². The van der Waals surface area contributed by atoms with E-state index in [2.05, 4.69) is 24.5 Å². The summed E-state index contributed by atoms with van der Waals surface area (Å²) in [6.07, 6.45) is 8.82. The second kappa shape index (κ2) is 7.09. The molecule has 4 nitrogen and oxygen atoms in total. The molecule has 0 unspecified atom stereocenters. The zero-order valence-electron chi connectivity index (χ0n) is 12.8. The van der Waals surface area contributed by atoms with Crippen LogP contribution in [0.25, 0.3) is 0 Å². The minimum Gasteiger partial charge on any atom is -0.345 e. The van der Waals surface area contributed by atoms with Crippen molar-refractivity contribution in [1.82, 2.24) is 10.6 Å². The van der Waals surface area contributed by atoms with Crippen molar-refractivity contribution in [3.63, 3.8) is 0 Å². The quantitative estimate of drug-likeness (QED) is 0.763. The molecule has 2 aliphatic carbocycles. The number of amides is 2. The molecule has 0 aromatic rings. The van der Waals surface area contributed by atoms with Gasteiger partial charge in [-0.1, -0.05) is 26.7 Å². The molecule has 0 bridgehead atoms. The third-order valence-electron chi connectivity index (χ3n) is 4.99. The zero-order valence-corrected chi connectivity index (χ0v) is 12.8.